The summed E-state index contributed by atoms with van der Waals surface area (Å²) in [5.74, 6) is -1.07. The Morgan fingerprint density at radius 3 is 3.00 bits per heavy atom. The van der Waals surface area contributed by atoms with Crippen molar-refractivity contribution in [3.05, 3.63) is 50.9 Å². The monoisotopic (exact) mass is 282 g/mol. The number of aromatic nitrogens is 1. The summed E-state index contributed by atoms with van der Waals surface area (Å²) in [5.41, 5.74) is 6.92. The molecule has 6 heteroatoms. The van der Waals surface area contributed by atoms with Crippen LogP contribution in [0.1, 0.15) is 22.3 Å². The van der Waals surface area contributed by atoms with Gasteiger partial charge in [-0.15, -0.1) is 11.3 Å². The Labute approximate surface area is 113 Å². The minimum Gasteiger partial charge on any atom is -0.480 e. The molecule has 0 spiro atoms. The lowest BCUT2D eigenvalue weighted by Gasteiger charge is -2.01. The fraction of sp³-hybridized carbons (Fsp3) is 0.167. The summed E-state index contributed by atoms with van der Waals surface area (Å²) >= 11 is 7.29. The number of carbonyl (C=O) groups is 1. The van der Waals surface area contributed by atoms with E-state index in [1.54, 1.807) is 11.4 Å². The van der Waals surface area contributed by atoms with E-state index in [-0.39, 0.29) is 0 Å². The van der Waals surface area contributed by atoms with Crippen LogP contribution in [0.15, 0.2) is 29.6 Å². The van der Waals surface area contributed by atoms with Crippen LogP contribution in [-0.2, 0) is 11.2 Å². The summed E-state index contributed by atoms with van der Waals surface area (Å²) in [6.45, 7) is 0. The predicted octanol–water partition coefficient (Wildman–Crippen LogP) is 2.47. The number of nitrogens with two attached hydrogens (primary N) is 1. The Morgan fingerprint density at radius 1 is 1.56 bits per heavy atom. The van der Waals surface area contributed by atoms with E-state index in [1.165, 1.54) is 11.3 Å². The van der Waals surface area contributed by atoms with Crippen LogP contribution < -0.4 is 5.73 Å². The first kappa shape index (κ1) is 13.0. The van der Waals surface area contributed by atoms with E-state index in [4.69, 9.17) is 22.4 Å². The standard InChI is InChI=1S/C12H11ClN2O2S/c13-8-3-1-2-7(4-8)5-10-15-9(6-18-10)11(14)12(16)17/h1-4,6,11H,5,14H2,(H,16,17). The van der Waals surface area contributed by atoms with Crippen LogP contribution in [0.4, 0.5) is 0 Å². The van der Waals surface area contributed by atoms with E-state index < -0.39 is 12.0 Å². The summed E-state index contributed by atoms with van der Waals surface area (Å²) in [6, 6.07) is 6.42. The SMILES string of the molecule is NC(C(=O)O)c1csc(Cc2cccc(Cl)c2)n1. The van der Waals surface area contributed by atoms with Gasteiger partial charge in [0, 0.05) is 16.8 Å². The molecule has 2 aromatic rings. The fourth-order valence-corrected chi connectivity index (χ4v) is 2.57. The molecule has 0 radical (unpaired) electrons. The van der Waals surface area contributed by atoms with Gasteiger partial charge in [0.05, 0.1) is 10.7 Å². The highest BCUT2D eigenvalue weighted by molar-refractivity contribution is 7.09. The van der Waals surface area contributed by atoms with Gasteiger partial charge in [0.15, 0.2) is 0 Å². The second kappa shape index (κ2) is 5.48. The summed E-state index contributed by atoms with van der Waals surface area (Å²) in [7, 11) is 0. The average Bonchev–Trinajstić information content (AvgIpc) is 2.76. The predicted molar refractivity (Wildman–Crippen MR) is 70.9 cm³/mol. The van der Waals surface area contributed by atoms with Gasteiger partial charge in [0.25, 0.3) is 0 Å². The van der Waals surface area contributed by atoms with Crippen molar-refractivity contribution >= 4 is 28.9 Å². The maximum atomic E-state index is 10.7. The highest BCUT2D eigenvalue weighted by atomic mass is 35.5. The number of nitrogens with zero attached hydrogens (tertiary/aromatic N) is 1. The molecule has 1 aromatic heterocycles. The minimum absolute atomic E-state index is 0.393. The highest BCUT2D eigenvalue weighted by Crippen LogP contribution is 2.20. The Kier molecular flexibility index (Phi) is 3.96. The van der Waals surface area contributed by atoms with Crippen LogP contribution in [0, 0.1) is 0 Å². The summed E-state index contributed by atoms with van der Waals surface area (Å²) in [5, 5.41) is 12.0. The minimum atomic E-state index is -1.07. The quantitative estimate of drug-likeness (QED) is 0.903. The smallest absolute Gasteiger partial charge is 0.326 e. The molecule has 1 aromatic carbocycles. The third-order valence-electron chi connectivity index (χ3n) is 2.40. The molecule has 0 fully saturated rings. The van der Waals surface area contributed by atoms with Gasteiger partial charge in [-0.3, -0.25) is 4.79 Å². The van der Waals surface area contributed by atoms with Crippen molar-refractivity contribution in [2.24, 2.45) is 5.73 Å². The Morgan fingerprint density at radius 2 is 2.33 bits per heavy atom. The number of thiazole rings is 1. The van der Waals surface area contributed by atoms with Crippen molar-refractivity contribution < 1.29 is 9.90 Å². The molecule has 0 aliphatic heterocycles. The molecule has 94 valence electrons. The van der Waals surface area contributed by atoms with E-state index in [0.29, 0.717) is 17.1 Å². The van der Waals surface area contributed by atoms with Crippen LogP contribution in [0.2, 0.25) is 5.02 Å². The molecule has 1 atom stereocenters. The first-order valence-corrected chi connectivity index (χ1v) is 6.49. The van der Waals surface area contributed by atoms with Crippen molar-refractivity contribution in [2.45, 2.75) is 12.5 Å². The van der Waals surface area contributed by atoms with Gasteiger partial charge < -0.3 is 10.8 Å². The van der Waals surface area contributed by atoms with Gasteiger partial charge in [-0.1, -0.05) is 23.7 Å². The van der Waals surface area contributed by atoms with Crippen LogP contribution in [0.25, 0.3) is 0 Å². The van der Waals surface area contributed by atoms with Gasteiger partial charge in [-0.25, -0.2) is 4.98 Å². The zero-order valence-corrected chi connectivity index (χ0v) is 10.9. The lowest BCUT2D eigenvalue weighted by Crippen LogP contribution is -2.20. The first-order chi connectivity index (χ1) is 8.56. The zero-order chi connectivity index (χ0) is 13.1. The number of aliphatic carboxylic acids is 1. The number of benzene rings is 1. The Balaban J connectivity index is 2.14. The van der Waals surface area contributed by atoms with Crippen molar-refractivity contribution in [3.63, 3.8) is 0 Å². The van der Waals surface area contributed by atoms with Crippen LogP contribution in [-0.4, -0.2) is 16.1 Å². The molecule has 3 N–H and O–H groups in total. The lowest BCUT2D eigenvalue weighted by atomic mass is 10.1. The van der Waals surface area contributed by atoms with Gasteiger partial charge >= 0.3 is 5.97 Å². The number of rotatable bonds is 4. The van der Waals surface area contributed by atoms with Crippen molar-refractivity contribution in [1.82, 2.24) is 4.98 Å². The van der Waals surface area contributed by atoms with Crippen molar-refractivity contribution in [3.8, 4) is 0 Å². The molecule has 1 unspecified atom stereocenters. The number of halogens is 1. The summed E-state index contributed by atoms with van der Waals surface area (Å²) < 4.78 is 0. The Bertz CT molecular complexity index is 571. The van der Waals surface area contributed by atoms with Crippen LogP contribution in [0.5, 0.6) is 0 Å². The number of hydrogen-bond donors (Lipinski definition) is 2. The molecule has 18 heavy (non-hydrogen) atoms. The van der Waals surface area contributed by atoms with Gasteiger partial charge in [0.1, 0.15) is 6.04 Å². The van der Waals surface area contributed by atoms with E-state index in [9.17, 15) is 4.79 Å². The van der Waals surface area contributed by atoms with E-state index >= 15 is 0 Å². The molecular weight excluding hydrogens is 272 g/mol. The van der Waals surface area contributed by atoms with Gasteiger partial charge in [0.2, 0.25) is 0 Å². The maximum absolute atomic E-state index is 10.7. The number of carboxylic acid groups (broad SMARTS) is 1. The fourth-order valence-electron chi connectivity index (χ4n) is 1.50. The third-order valence-corrected chi connectivity index (χ3v) is 3.50. The Hall–Kier alpha value is -1.43. The van der Waals surface area contributed by atoms with E-state index in [2.05, 4.69) is 4.98 Å². The molecule has 2 rings (SSSR count). The molecular formula is C12H11ClN2O2S. The molecule has 4 nitrogen and oxygen atoms in total. The van der Waals surface area contributed by atoms with Crippen molar-refractivity contribution in [1.29, 1.82) is 0 Å². The topological polar surface area (TPSA) is 76.2 Å². The van der Waals surface area contributed by atoms with Gasteiger partial charge in [-0.2, -0.15) is 0 Å². The summed E-state index contributed by atoms with van der Waals surface area (Å²) in [6.07, 6.45) is 0.623. The largest absolute Gasteiger partial charge is 0.480 e. The second-order valence-electron chi connectivity index (χ2n) is 3.79. The van der Waals surface area contributed by atoms with Crippen LogP contribution in [0.3, 0.4) is 0 Å². The molecule has 1 heterocycles. The molecule has 0 saturated carbocycles. The summed E-state index contributed by atoms with van der Waals surface area (Å²) in [4.78, 5) is 15.0. The molecule has 0 amide bonds. The highest BCUT2D eigenvalue weighted by Gasteiger charge is 2.17. The molecule has 0 saturated heterocycles. The third kappa shape index (κ3) is 3.07. The number of carboxylic acids is 1. The zero-order valence-electron chi connectivity index (χ0n) is 9.34. The first-order valence-electron chi connectivity index (χ1n) is 5.23. The van der Waals surface area contributed by atoms with Crippen molar-refractivity contribution in [2.75, 3.05) is 0 Å². The molecule has 0 aliphatic rings. The van der Waals surface area contributed by atoms with Crippen LogP contribution >= 0.6 is 22.9 Å². The normalized spacial score (nSPS) is 12.3. The molecule has 0 aliphatic carbocycles. The van der Waals surface area contributed by atoms with Gasteiger partial charge in [-0.05, 0) is 17.7 Å². The maximum Gasteiger partial charge on any atom is 0.326 e. The second-order valence-corrected chi connectivity index (χ2v) is 5.17. The van der Waals surface area contributed by atoms with E-state index in [1.807, 2.05) is 18.2 Å². The number of hydrogen-bond acceptors (Lipinski definition) is 4. The van der Waals surface area contributed by atoms with E-state index in [0.717, 1.165) is 10.6 Å². The average molecular weight is 283 g/mol. The lowest BCUT2D eigenvalue weighted by molar-refractivity contribution is -0.138. The molecule has 0 bridgehead atoms.